The summed E-state index contributed by atoms with van der Waals surface area (Å²) >= 11 is 0. The lowest BCUT2D eigenvalue weighted by Gasteiger charge is -2.15. The third-order valence-corrected chi connectivity index (χ3v) is 3.84. The number of halogens is 1. The van der Waals surface area contributed by atoms with Gasteiger partial charge in [-0.15, -0.1) is 0 Å². The number of fused-ring (bicyclic) bond motifs is 1. The number of anilines is 1. The molecule has 0 heterocycles. The highest BCUT2D eigenvalue weighted by molar-refractivity contribution is 6.03. The van der Waals surface area contributed by atoms with Crippen molar-refractivity contribution in [3.05, 3.63) is 76.6 Å². The second kappa shape index (κ2) is 7.18. The molecule has 1 N–H and O–H groups in total. The molecule has 3 aromatic carbocycles. The van der Waals surface area contributed by atoms with Gasteiger partial charge in [-0.3, -0.25) is 14.9 Å². The third-order valence-electron chi connectivity index (χ3n) is 3.84. The van der Waals surface area contributed by atoms with Crippen molar-refractivity contribution in [3.63, 3.8) is 0 Å². The van der Waals surface area contributed by atoms with Crippen molar-refractivity contribution < 1.29 is 18.8 Å². The van der Waals surface area contributed by atoms with E-state index in [1.807, 2.05) is 30.3 Å². The van der Waals surface area contributed by atoms with Gasteiger partial charge in [-0.2, -0.15) is 0 Å². The van der Waals surface area contributed by atoms with E-state index in [1.54, 1.807) is 12.1 Å². The molecule has 0 aliphatic rings. The van der Waals surface area contributed by atoms with Crippen LogP contribution < -0.4 is 10.1 Å². The molecule has 0 aromatic heterocycles. The summed E-state index contributed by atoms with van der Waals surface area (Å²) in [5.41, 5.74) is 0.188. The highest BCUT2D eigenvalue weighted by Gasteiger charge is 2.22. The van der Waals surface area contributed by atoms with Crippen LogP contribution in [0.5, 0.6) is 5.75 Å². The van der Waals surface area contributed by atoms with E-state index in [2.05, 4.69) is 5.32 Å². The van der Waals surface area contributed by atoms with Crippen molar-refractivity contribution >= 4 is 28.1 Å². The number of rotatable bonds is 5. The molecule has 0 aliphatic heterocycles. The van der Waals surface area contributed by atoms with Crippen molar-refractivity contribution in [2.24, 2.45) is 0 Å². The average Bonchev–Trinajstić information content (AvgIpc) is 2.61. The van der Waals surface area contributed by atoms with Gasteiger partial charge in [0, 0.05) is 23.2 Å². The molecule has 3 rings (SSSR count). The van der Waals surface area contributed by atoms with Gasteiger partial charge in [-0.05, 0) is 24.4 Å². The molecule has 7 heteroatoms. The summed E-state index contributed by atoms with van der Waals surface area (Å²) in [6, 6.07) is 15.9. The van der Waals surface area contributed by atoms with E-state index in [9.17, 15) is 19.3 Å². The zero-order valence-electron chi connectivity index (χ0n) is 13.8. The Hall–Kier alpha value is -3.48. The van der Waals surface area contributed by atoms with Gasteiger partial charge in [0.1, 0.15) is 5.82 Å². The second-order valence-corrected chi connectivity index (χ2v) is 5.65. The second-order valence-electron chi connectivity index (χ2n) is 5.65. The first-order valence-corrected chi connectivity index (χ1v) is 7.85. The maximum Gasteiger partial charge on any atom is 0.311 e. The summed E-state index contributed by atoms with van der Waals surface area (Å²) in [5, 5.41) is 15.6. The molecule has 0 radical (unpaired) electrons. The Morgan fingerprint density at radius 1 is 1.15 bits per heavy atom. The summed E-state index contributed by atoms with van der Waals surface area (Å²) < 4.78 is 18.7. The number of benzene rings is 3. The van der Waals surface area contributed by atoms with Crippen molar-refractivity contribution in [2.45, 2.75) is 13.0 Å². The average molecular weight is 354 g/mol. The van der Waals surface area contributed by atoms with Gasteiger partial charge in [0.2, 0.25) is 5.75 Å². The molecule has 26 heavy (non-hydrogen) atoms. The summed E-state index contributed by atoms with van der Waals surface area (Å²) in [6.07, 6.45) is -1.06. The van der Waals surface area contributed by atoms with Gasteiger partial charge in [-0.1, -0.05) is 36.4 Å². The quantitative estimate of drug-likeness (QED) is 0.547. The molecule has 0 spiro atoms. The number of amides is 1. The van der Waals surface area contributed by atoms with E-state index in [0.29, 0.717) is 5.69 Å². The van der Waals surface area contributed by atoms with Crippen molar-refractivity contribution in [1.82, 2.24) is 0 Å². The van der Waals surface area contributed by atoms with E-state index >= 15 is 0 Å². The largest absolute Gasteiger partial charge is 0.474 e. The number of nitro benzene ring substituents is 1. The number of nitro groups is 1. The zero-order chi connectivity index (χ0) is 18.7. The van der Waals surface area contributed by atoms with Gasteiger partial charge < -0.3 is 10.1 Å². The Morgan fingerprint density at radius 3 is 2.65 bits per heavy atom. The zero-order valence-corrected chi connectivity index (χ0v) is 13.8. The SMILES string of the molecule is C[C@@H](Oc1cc(F)ccc1[N+](=O)[O-])C(=O)Nc1cccc2ccccc12. The van der Waals surface area contributed by atoms with E-state index in [-0.39, 0.29) is 5.75 Å². The van der Waals surface area contributed by atoms with Crippen LogP contribution in [-0.4, -0.2) is 16.9 Å². The molecule has 1 amide bonds. The summed E-state index contributed by atoms with van der Waals surface area (Å²) in [7, 11) is 0. The van der Waals surface area contributed by atoms with Crippen LogP contribution in [0.1, 0.15) is 6.92 Å². The topological polar surface area (TPSA) is 81.5 Å². The Balaban J connectivity index is 1.80. The lowest BCUT2D eigenvalue weighted by Crippen LogP contribution is -2.30. The van der Waals surface area contributed by atoms with Crippen LogP contribution in [-0.2, 0) is 4.79 Å². The minimum Gasteiger partial charge on any atom is -0.474 e. The summed E-state index contributed by atoms with van der Waals surface area (Å²) in [4.78, 5) is 22.8. The smallest absolute Gasteiger partial charge is 0.311 e. The highest BCUT2D eigenvalue weighted by Crippen LogP contribution is 2.29. The minimum absolute atomic E-state index is 0.296. The molecule has 132 valence electrons. The van der Waals surface area contributed by atoms with Crippen molar-refractivity contribution in [3.8, 4) is 5.75 Å². The molecule has 0 bridgehead atoms. The lowest BCUT2D eigenvalue weighted by atomic mass is 10.1. The van der Waals surface area contributed by atoms with Gasteiger partial charge >= 0.3 is 5.69 Å². The van der Waals surface area contributed by atoms with Crippen LogP contribution in [0.4, 0.5) is 15.8 Å². The highest BCUT2D eigenvalue weighted by atomic mass is 19.1. The van der Waals surface area contributed by atoms with E-state index in [1.165, 1.54) is 6.92 Å². The van der Waals surface area contributed by atoms with Crippen LogP contribution in [0.2, 0.25) is 0 Å². The number of hydrogen-bond acceptors (Lipinski definition) is 4. The van der Waals surface area contributed by atoms with Crippen LogP contribution in [0, 0.1) is 15.9 Å². The monoisotopic (exact) mass is 354 g/mol. The standard InChI is InChI=1S/C19H15FN2O4/c1-12(26-18-11-14(20)9-10-17(18)22(24)25)19(23)21-16-8-4-6-13-5-2-3-7-15(13)16/h2-12H,1H3,(H,21,23)/t12-/m1/s1. The molecule has 0 unspecified atom stereocenters. The number of nitrogens with zero attached hydrogens (tertiary/aromatic N) is 1. The molecule has 0 aliphatic carbocycles. The van der Waals surface area contributed by atoms with Crippen LogP contribution >= 0.6 is 0 Å². The predicted molar refractivity (Wildman–Crippen MR) is 95.7 cm³/mol. The van der Waals surface area contributed by atoms with Gasteiger partial charge in [-0.25, -0.2) is 4.39 Å². The number of carbonyl (C=O) groups excluding carboxylic acids is 1. The molecule has 6 nitrogen and oxygen atoms in total. The molecule has 0 saturated carbocycles. The fraction of sp³-hybridized carbons (Fsp3) is 0.105. The summed E-state index contributed by atoms with van der Waals surface area (Å²) in [6.45, 7) is 1.44. The van der Waals surface area contributed by atoms with Gasteiger partial charge in [0.15, 0.2) is 6.10 Å². The maximum atomic E-state index is 13.4. The molecule has 0 fully saturated rings. The maximum absolute atomic E-state index is 13.4. The molecular formula is C19H15FN2O4. The molecular weight excluding hydrogens is 339 g/mol. The Morgan fingerprint density at radius 2 is 1.88 bits per heavy atom. The third kappa shape index (κ3) is 3.61. The fourth-order valence-corrected chi connectivity index (χ4v) is 2.55. The molecule has 3 aromatic rings. The first-order valence-electron chi connectivity index (χ1n) is 7.85. The Bertz CT molecular complexity index is 985. The molecule has 0 saturated heterocycles. The number of ether oxygens (including phenoxy) is 1. The first kappa shape index (κ1) is 17.3. The van der Waals surface area contributed by atoms with E-state index in [0.717, 1.165) is 29.0 Å². The van der Waals surface area contributed by atoms with Crippen LogP contribution in [0.15, 0.2) is 60.7 Å². The van der Waals surface area contributed by atoms with E-state index < -0.39 is 28.4 Å². The van der Waals surface area contributed by atoms with Crippen molar-refractivity contribution in [2.75, 3.05) is 5.32 Å². The fourth-order valence-electron chi connectivity index (χ4n) is 2.55. The van der Waals surface area contributed by atoms with Gasteiger partial charge in [0.25, 0.3) is 5.91 Å². The number of nitrogens with one attached hydrogen (secondary N) is 1. The van der Waals surface area contributed by atoms with E-state index in [4.69, 9.17) is 4.74 Å². The van der Waals surface area contributed by atoms with Crippen LogP contribution in [0.25, 0.3) is 10.8 Å². The first-order chi connectivity index (χ1) is 12.5. The summed E-state index contributed by atoms with van der Waals surface area (Å²) in [5.74, 6) is -1.48. The minimum atomic E-state index is -1.06. The predicted octanol–water partition coefficient (Wildman–Crippen LogP) is 4.29. The van der Waals surface area contributed by atoms with Gasteiger partial charge in [0.05, 0.1) is 4.92 Å². The Labute approximate surface area is 148 Å². The van der Waals surface area contributed by atoms with Crippen LogP contribution in [0.3, 0.4) is 0 Å². The van der Waals surface area contributed by atoms with Crippen molar-refractivity contribution in [1.29, 1.82) is 0 Å². The molecule has 1 atom stereocenters. The number of hydrogen-bond donors (Lipinski definition) is 1. The normalized spacial score (nSPS) is 11.8. The number of carbonyl (C=O) groups is 1. The lowest BCUT2D eigenvalue weighted by molar-refractivity contribution is -0.386. The Kier molecular flexibility index (Phi) is 4.79.